The van der Waals surface area contributed by atoms with Crippen LogP contribution in [0.15, 0.2) is 24.3 Å². The molecule has 200 valence electrons. The molecule has 4 rings (SSSR count). The Balaban J connectivity index is 1.61. The van der Waals surface area contributed by atoms with Gasteiger partial charge in [0.2, 0.25) is 5.91 Å². The summed E-state index contributed by atoms with van der Waals surface area (Å²) in [5.74, 6) is -0.922. The third kappa shape index (κ3) is 6.32. The Morgan fingerprint density at radius 1 is 0.973 bits per heavy atom. The number of nitrogens with zero attached hydrogens (tertiary/aromatic N) is 2. The molecule has 0 saturated heterocycles. The standard InChI is InChI=1S/C28H39N5O3S/c1-3-18-14-16-21(17-15-18)33(22(4-2)26(34)30-19-12-8-9-13-19)28(36)25-23(29)24(32-37-25)27(35)31-20-10-6-5-7-11-20/h14-17,19-20,22H,3-13,29H2,1-2H3,(H,30,34)(H,31,35). The lowest BCUT2D eigenvalue weighted by molar-refractivity contribution is -0.123. The van der Waals surface area contributed by atoms with Crippen LogP contribution in [-0.4, -0.2) is 40.2 Å². The Morgan fingerprint density at radius 3 is 2.16 bits per heavy atom. The second-order valence-electron chi connectivity index (χ2n) is 10.2. The van der Waals surface area contributed by atoms with Crippen molar-refractivity contribution < 1.29 is 14.4 Å². The molecule has 0 radical (unpaired) electrons. The van der Waals surface area contributed by atoms with E-state index in [-0.39, 0.29) is 40.2 Å². The highest BCUT2D eigenvalue weighted by atomic mass is 32.1. The molecule has 1 aromatic heterocycles. The fraction of sp³-hybridized carbons (Fsp3) is 0.571. The third-order valence-electron chi connectivity index (χ3n) is 7.62. The van der Waals surface area contributed by atoms with Crippen LogP contribution < -0.4 is 21.3 Å². The maximum atomic E-state index is 14.0. The van der Waals surface area contributed by atoms with Gasteiger partial charge in [-0.1, -0.05) is 58.1 Å². The van der Waals surface area contributed by atoms with Crippen LogP contribution in [0.2, 0.25) is 0 Å². The Bertz CT molecular complexity index is 1090. The first-order chi connectivity index (χ1) is 17.9. The molecule has 3 amide bonds. The number of amides is 3. The zero-order chi connectivity index (χ0) is 26.4. The van der Waals surface area contributed by atoms with E-state index in [1.807, 2.05) is 31.2 Å². The molecule has 0 spiro atoms. The second kappa shape index (κ2) is 12.5. The highest BCUT2D eigenvalue weighted by molar-refractivity contribution is 7.09. The van der Waals surface area contributed by atoms with Crippen molar-refractivity contribution in [3.63, 3.8) is 0 Å². The summed E-state index contributed by atoms with van der Waals surface area (Å²) in [5, 5.41) is 6.18. The number of nitrogens with two attached hydrogens (primary N) is 1. The number of nitrogen functional groups attached to an aromatic ring is 1. The van der Waals surface area contributed by atoms with Gasteiger partial charge in [0, 0.05) is 17.8 Å². The molecule has 1 unspecified atom stereocenters. The Hall–Kier alpha value is -2.94. The first-order valence-electron chi connectivity index (χ1n) is 13.7. The topological polar surface area (TPSA) is 117 Å². The molecule has 2 aliphatic rings. The molecule has 2 fully saturated rings. The summed E-state index contributed by atoms with van der Waals surface area (Å²) >= 11 is 0.919. The molecule has 4 N–H and O–H groups in total. The fourth-order valence-corrected chi connectivity index (χ4v) is 6.14. The lowest BCUT2D eigenvalue weighted by atomic mass is 9.95. The van der Waals surface area contributed by atoms with Crippen LogP contribution in [-0.2, 0) is 11.2 Å². The van der Waals surface area contributed by atoms with Gasteiger partial charge in [-0.2, -0.15) is 4.37 Å². The van der Waals surface area contributed by atoms with Crippen molar-refractivity contribution in [1.29, 1.82) is 0 Å². The Kier molecular flexibility index (Phi) is 9.18. The molecule has 1 heterocycles. The predicted molar refractivity (Wildman–Crippen MR) is 148 cm³/mol. The van der Waals surface area contributed by atoms with E-state index in [2.05, 4.69) is 21.9 Å². The molecule has 2 aromatic rings. The minimum Gasteiger partial charge on any atom is -0.395 e. The normalized spacial score (nSPS) is 17.4. The highest BCUT2D eigenvalue weighted by Crippen LogP contribution is 2.30. The molecule has 0 aliphatic heterocycles. The van der Waals surface area contributed by atoms with E-state index < -0.39 is 11.9 Å². The lowest BCUT2D eigenvalue weighted by Gasteiger charge is -2.31. The first-order valence-corrected chi connectivity index (χ1v) is 14.5. The first kappa shape index (κ1) is 27.1. The fourth-order valence-electron chi connectivity index (χ4n) is 5.41. The lowest BCUT2D eigenvalue weighted by Crippen LogP contribution is -2.51. The number of hydrogen-bond acceptors (Lipinski definition) is 6. The predicted octanol–water partition coefficient (Wildman–Crippen LogP) is 4.83. The number of aromatic nitrogens is 1. The van der Waals surface area contributed by atoms with Gasteiger partial charge in [-0.05, 0) is 67.8 Å². The molecule has 37 heavy (non-hydrogen) atoms. The zero-order valence-corrected chi connectivity index (χ0v) is 22.7. The molecule has 2 aliphatic carbocycles. The van der Waals surface area contributed by atoms with Crippen LogP contribution in [0, 0.1) is 0 Å². The van der Waals surface area contributed by atoms with E-state index in [1.54, 1.807) is 0 Å². The second-order valence-corrected chi connectivity index (χ2v) is 11.0. The van der Waals surface area contributed by atoms with Gasteiger partial charge in [0.25, 0.3) is 11.8 Å². The molecular formula is C28H39N5O3S. The number of carbonyl (C=O) groups excluding carboxylic acids is 3. The van der Waals surface area contributed by atoms with Crippen molar-refractivity contribution in [3.8, 4) is 0 Å². The molecular weight excluding hydrogens is 486 g/mol. The van der Waals surface area contributed by atoms with Gasteiger partial charge in [-0.15, -0.1) is 0 Å². The molecule has 2 saturated carbocycles. The third-order valence-corrected chi connectivity index (χ3v) is 8.47. The van der Waals surface area contributed by atoms with Gasteiger partial charge >= 0.3 is 0 Å². The van der Waals surface area contributed by atoms with E-state index in [9.17, 15) is 14.4 Å². The van der Waals surface area contributed by atoms with Gasteiger partial charge in [-0.3, -0.25) is 19.3 Å². The summed E-state index contributed by atoms with van der Waals surface area (Å²) in [5.41, 5.74) is 8.28. The van der Waals surface area contributed by atoms with Crippen LogP contribution in [0.4, 0.5) is 11.4 Å². The van der Waals surface area contributed by atoms with Gasteiger partial charge in [0.15, 0.2) is 5.69 Å². The summed E-state index contributed by atoms with van der Waals surface area (Å²) < 4.78 is 4.28. The monoisotopic (exact) mass is 525 g/mol. The average Bonchev–Trinajstić information content (AvgIpc) is 3.57. The van der Waals surface area contributed by atoms with Gasteiger partial charge in [0.1, 0.15) is 10.9 Å². The number of anilines is 2. The number of nitrogens with one attached hydrogen (secondary N) is 2. The van der Waals surface area contributed by atoms with Crippen molar-refractivity contribution in [1.82, 2.24) is 15.0 Å². The highest BCUT2D eigenvalue weighted by Gasteiger charge is 2.35. The van der Waals surface area contributed by atoms with E-state index in [0.29, 0.717) is 12.1 Å². The van der Waals surface area contributed by atoms with Gasteiger partial charge in [-0.25, -0.2) is 0 Å². The molecule has 1 aromatic carbocycles. The average molecular weight is 526 g/mol. The summed E-state index contributed by atoms with van der Waals surface area (Å²) in [6.07, 6.45) is 10.7. The Morgan fingerprint density at radius 2 is 1.57 bits per heavy atom. The Labute approximate surface area is 223 Å². The van der Waals surface area contributed by atoms with E-state index in [4.69, 9.17) is 5.73 Å². The van der Waals surface area contributed by atoms with Crippen LogP contribution in [0.5, 0.6) is 0 Å². The minimum absolute atomic E-state index is 0.0736. The van der Waals surface area contributed by atoms with Crippen LogP contribution in [0.1, 0.15) is 104 Å². The summed E-state index contributed by atoms with van der Waals surface area (Å²) in [7, 11) is 0. The maximum absolute atomic E-state index is 14.0. The number of hydrogen-bond donors (Lipinski definition) is 3. The van der Waals surface area contributed by atoms with E-state index >= 15 is 0 Å². The van der Waals surface area contributed by atoms with Crippen LogP contribution >= 0.6 is 11.5 Å². The maximum Gasteiger partial charge on any atom is 0.273 e. The van der Waals surface area contributed by atoms with Crippen molar-refractivity contribution in [2.24, 2.45) is 0 Å². The summed E-state index contributed by atoms with van der Waals surface area (Å²) in [6.45, 7) is 3.97. The number of benzene rings is 1. The molecule has 8 nitrogen and oxygen atoms in total. The summed E-state index contributed by atoms with van der Waals surface area (Å²) in [4.78, 5) is 42.0. The van der Waals surface area contributed by atoms with Crippen molar-refractivity contribution in [3.05, 3.63) is 40.4 Å². The number of aryl methyl sites for hydroxylation is 1. The molecule has 0 bridgehead atoms. The van der Waals surface area contributed by atoms with E-state index in [1.165, 1.54) is 11.3 Å². The van der Waals surface area contributed by atoms with E-state index in [0.717, 1.165) is 74.9 Å². The summed E-state index contributed by atoms with van der Waals surface area (Å²) in [6, 6.07) is 7.23. The smallest absolute Gasteiger partial charge is 0.273 e. The van der Waals surface area contributed by atoms with Gasteiger partial charge < -0.3 is 16.4 Å². The van der Waals surface area contributed by atoms with Crippen molar-refractivity contribution >= 4 is 40.6 Å². The quantitative estimate of drug-likeness (QED) is 0.433. The molecule has 1 atom stereocenters. The SMILES string of the molecule is CCc1ccc(N(C(=O)c2snc(C(=O)NC3CCCCC3)c2N)C(CC)C(=O)NC2CCCC2)cc1. The van der Waals surface area contributed by atoms with Crippen molar-refractivity contribution in [2.45, 2.75) is 103 Å². The van der Waals surface area contributed by atoms with Gasteiger partial charge in [0.05, 0.1) is 5.69 Å². The van der Waals surface area contributed by atoms with Crippen LogP contribution in [0.25, 0.3) is 0 Å². The van der Waals surface area contributed by atoms with Crippen molar-refractivity contribution in [2.75, 3.05) is 10.6 Å². The largest absolute Gasteiger partial charge is 0.395 e. The molecule has 9 heteroatoms. The number of rotatable bonds is 9. The number of carbonyl (C=O) groups is 3. The zero-order valence-electron chi connectivity index (χ0n) is 21.9. The minimum atomic E-state index is -0.707. The van der Waals surface area contributed by atoms with Crippen LogP contribution in [0.3, 0.4) is 0 Å².